The minimum absolute atomic E-state index is 0.101. The Balaban J connectivity index is 1.44. The average Bonchev–Trinajstić information content (AvgIpc) is 3.26. The molecule has 3 aromatic carbocycles. The van der Waals surface area contributed by atoms with Crippen LogP contribution in [-0.4, -0.2) is 33.0 Å². The summed E-state index contributed by atoms with van der Waals surface area (Å²) in [6.45, 7) is 0.301. The van der Waals surface area contributed by atoms with Crippen LogP contribution in [0.5, 0.6) is 0 Å². The monoisotopic (exact) mass is 424 g/mol. The molecule has 0 aliphatic rings. The van der Waals surface area contributed by atoms with Crippen molar-refractivity contribution in [2.75, 3.05) is 12.3 Å². The Hall–Kier alpha value is -3.82. The third-order valence-corrected chi connectivity index (χ3v) is 5.32. The van der Waals surface area contributed by atoms with E-state index >= 15 is 0 Å². The van der Waals surface area contributed by atoms with Crippen LogP contribution in [0.2, 0.25) is 0 Å². The lowest BCUT2D eigenvalue weighted by atomic mass is 10.2. The third-order valence-electron chi connectivity index (χ3n) is 4.39. The molecule has 31 heavy (non-hydrogen) atoms. The summed E-state index contributed by atoms with van der Waals surface area (Å²) in [7, 11) is 0. The van der Waals surface area contributed by atoms with Crippen LogP contribution in [-0.2, 0) is 4.79 Å². The third kappa shape index (κ3) is 5.41. The Morgan fingerprint density at radius 1 is 0.871 bits per heavy atom. The number of thioether (sulfide) groups is 1. The van der Waals surface area contributed by atoms with Gasteiger partial charge in [-0.3, -0.25) is 9.36 Å². The van der Waals surface area contributed by atoms with E-state index in [2.05, 4.69) is 27.4 Å². The van der Waals surface area contributed by atoms with E-state index in [0.717, 1.165) is 22.6 Å². The standard InChI is InChI=1S/C25H20N4OS/c30-23(26-18-10-13-20-11-4-1-5-12-20)19-31-25-28-27-24(21-14-6-2-7-15-21)29(25)22-16-8-3-9-17-22/h1-9,11-12,14-17H,18-19H2,(H,26,30). The number of para-hydroxylation sites is 1. The summed E-state index contributed by atoms with van der Waals surface area (Å²) >= 11 is 1.35. The summed E-state index contributed by atoms with van der Waals surface area (Å²) in [6.07, 6.45) is 0. The van der Waals surface area contributed by atoms with Crippen LogP contribution in [0.3, 0.4) is 0 Å². The second-order valence-electron chi connectivity index (χ2n) is 6.58. The molecule has 0 atom stereocenters. The first-order valence-corrected chi connectivity index (χ1v) is 10.8. The largest absolute Gasteiger partial charge is 0.344 e. The normalized spacial score (nSPS) is 10.2. The van der Waals surface area contributed by atoms with E-state index in [-0.39, 0.29) is 11.7 Å². The molecule has 0 spiro atoms. The summed E-state index contributed by atoms with van der Waals surface area (Å²) in [5.74, 6) is 6.86. The van der Waals surface area contributed by atoms with Crippen LogP contribution in [0.4, 0.5) is 0 Å². The summed E-state index contributed by atoms with van der Waals surface area (Å²) in [4.78, 5) is 12.3. The Morgan fingerprint density at radius 3 is 2.23 bits per heavy atom. The molecule has 0 aliphatic carbocycles. The molecular formula is C25H20N4OS. The van der Waals surface area contributed by atoms with Gasteiger partial charge in [0.05, 0.1) is 12.3 Å². The highest BCUT2D eigenvalue weighted by Crippen LogP contribution is 2.27. The van der Waals surface area contributed by atoms with Crippen molar-refractivity contribution in [1.82, 2.24) is 20.1 Å². The quantitative estimate of drug-likeness (QED) is 0.372. The SMILES string of the molecule is O=C(CSc1nnc(-c2ccccc2)n1-c1ccccc1)NCC#Cc1ccccc1. The van der Waals surface area contributed by atoms with Gasteiger partial charge in [0.25, 0.3) is 0 Å². The lowest BCUT2D eigenvalue weighted by molar-refractivity contribution is -0.118. The van der Waals surface area contributed by atoms with Crippen molar-refractivity contribution in [3.05, 3.63) is 96.6 Å². The van der Waals surface area contributed by atoms with Gasteiger partial charge in [-0.2, -0.15) is 0 Å². The molecule has 4 rings (SSSR count). The summed E-state index contributed by atoms with van der Waals surface area (Å²) < 4.78 is 1.97. The van der Waals surface area contributed by atoms with Gasteiger partial charge in [-0.1, -0.05) is 90.3 Å². The number of hydrogen-bond donors (Lipinski definition) is 1. The van der Waals surface area contributed by atoms with Crippen LogP contribution in [0.1, 0.15) is 5.56 Å². The van der Waals surface area contributed by atoms with Gasteiger partial charge in [-0.25, -0.2) is 0 Å². The summed E-state index contributed by atoms with van der Waals surface area (Å²) in [6, 6.07) is 29.5. The number of amides is 1. The molecule has 6 heteroatoms. The van der Waals surface area contributed by atoms with Gasteiger partial charge in [-0.15, -0.1) is 10.2 Å². The highest BCUT2D eigenvalue weighted by molar-refractivity contribution is 7.99. The zero-order valence-electron chi connectivity index (χ0n) is 16.7. The topological polar surface area (TPSA) is 59.8 Å². The molecule has 0 fully saturated rings. The van der Waals surface area contributed by atoms with Gasteiger partial charge in [0, 0.05) is 16.8 Å². The molecular weight excluding hydrogens is 404 g/mol. The number of rotatable bonds is 6. The maximum atomic E-state index is 12.3. The van der Waals surface area contributed by atoms with Crippen LogP contribution in [0.15, 0.2) is 96.2 Å². The lowest BCUT2D eigenvalue weighted by Gasteiger charge is -2.10. The number of hydrogen-bond acceptors (Lipinski definition) is 4. The maximum Gasteiger partial charge on any atom is 0.231 e. The fourth-order valence-electron chi connectivity index (χ4n) is 2.94. The van der Waals surface area contributed by atoms with Gasteiger partial charge in [0.1, 0.15) is 0 Å². The van der Waals surface area contributed by atoms with E-state index in [1.54, 1.807) is 0 Å². The van der Waals surface area contributed by atoms with E-state index < -0.39 is 0 Å². The molecule has 4 aromatic rings. The van der Waals surface area contributed by atoms with Crippen molar-refractivity contribution < 1.29 is 4.79 Å². The average molecular weight is 425 g/mol. The highest BCUT2D eigenvalue weighted by atomic mass is 32.2. The molecule has 0 radical (unpaired) electrons. The minimum Gasteiger partial charge on any atom is -0.344 e. The number of benzene rings is 3. The Morgan fingerprint density at radius 2 is 1.52 bits per heavy atom. The van der Waals surface area contributed by atoms with Crippen molar-refractivity contribution >= 4 is 17.7 Å². The van der Waals surface area contributed by atoms with Crippen LogP contribution in [0, 0.1) is 11.8 Å². The molecule has 0 unspecified atom stereocenters. The molecule has 152 valence electrons. The molecule has 1 amide bonds. The minimum atomic E-state index is -0.101. The van der Waals surface area contributed by atoms with Crippen molar-refractivity contribution in [1.29, 1.82) is 0 Å². The first-order chi connectivity index (χ1) is 15.3. The molecule has 1 heterocycles. The fraction of sp³-hybridized carbons (Fsp3) is 0.0800. The van der Waals surface area contributed by atoms with Gasteiger partial charge < -0.3 is 5.32 Å². The molecule has 0 saturated carbocycles. The van der Waals surface area contributed by atoms with Crippen LogP contribution >= 0.6 is 11.8 Å². The molecule has 1 aromatic heterocycles. The van der Waals surface area contributed by atoms with Gasteiger partial charge >= 0.3 is 0 Å². The summed E-state index contributed by atoms with van der Waals surface area (Å²) in [5, 5.41) is 12.2. The lowest BCUT2D eigenvalue weighted by Crippen LogP contribution is -2.25. The number of carbonyl (C=O) groups excluding carboxylic acids is 1. The molecule has 0 aliphatic heterocycles. The van der Waals surface area contributed by atoms with Crippen LogP contribution in [0.25, 0.3) is 17.1 Å². The second kappa shape index (κ2) is 10.3. The predicted octanol–water partition coefficient (Wildman–Crippen LogP) is 4.19. The van der Waals surface area contributed by atoms with E-state index in [0.29, 0.717) is 11.7 Å². The van der Waals surface area contributed by atoms with E-state index in [4.69, 9.17) is 0 Å². The molecule has 0 bridgehead atoms. The van der Waals surface area contributed by atoms with Crippen molar-refractivity contribution in [2.45, 2.75) is 5.16 Å². The summed E-state index contributed by atoms with van der Waals surface area (Å²) in [5.41, 5.74) is 2.84. The first-order valence-electron chi connectivity index (χ1n) is 9.81. The van der Waals surface area contributed by atoms with E-state index in [9.17, 15) is 4.79 Å². The zero-order chi connectivity index (χ0) is 21.3. The Kier molecular flexibility index (Phi) is 6.78. The first kappa shape index (κ1) is 20.5. The number of carbonyl (C=O) groups is 1. The smallest absolute Gasteiger partial charge is 0.231 e. The fourth-order valence-corrected chi connectivity index (χ4v) is 3.72. The Labute approximate surface area is 185 Å². The Bertz CT molecular complexity index is 1200. The molecule has 0 saturated heterocycles. The van der Waals surface area contributed by atoms with E-state index in [1.165, 1.54) is 11.8 Å². The van der Waals surface area contributed by atoms with E-state index in [1.807, 2.05) is 95.6 Å². The number of aromatic nitrogens is 3. The second-order valence-corrected chi connectivity index (χ2v) is 7.52. The molecule has 1 N–H and O–H groups in total. The van der Waals surface area contributed by atoms with Gasteiger partial charge in [0.15, 0.2) is 11.0 Å². The number of nitrogens with one attached hydrogen (secondary N) is 1. The highest BCUT2D eigenvalue weighted by Gasteiger charge is 2.16. The van der Waals surface area contributed by atoms with Gasteiger partial charge in [-0.05, 0) is 24.3 Å². The van der Waals surface area contributed by atoms with Crippen LogP contribution < -0.4 is 5.32 Å². The van der Waals surface area contributed by atoms with Gasteiger partial charge in [0.2, 0.25) is 5.91 Å². The number of nitrogens with zero attached hydrogens (tertiary/aromatic N) is 3. The van der Waals surface area contributed by atoms with Crippen molar-refractivity contribution in [3.63, 3.8) is 0 Å². The van der Waals surface area contributed by atoms with Crippen molar-refractivity contribution in [2.24, 2.45) is 0 Å². The van der Waals surface area contributed by atoms with Crippen molar-refractivity contribution in [3.8, 4) is 28.9 Å². The predicted molar refractivity (Wildman–Crippen MR) is 124 cm³/mol. The zero-order valence-corrected chi connectivity index (χ0v) is 17.5. The molecule has 5 nitrogen and oxygen atoms in total. The maximum absolute atomic E-state index is 12.3.